The van der Waals surface area contributed by atoms with Crippen molar-refractivity contribution in [1.82, 2.24) is 0 Å². The maximum absolute atomic E-state index is 11.4. The Balaban J connectivity index is 0.00000274. The summed E-state index contributed by atoms with van der Waals surface area (Å²) in [6.45, 7) is 0. The summed E-state index contributed by atoms with van der Waals surface area (Å²) < 4.78 is 2.05. The van der Waals surface area contributed by atoms with E-state index in [0.29, 0.717) is 11.1 Å². The number of halogens is 1. The van der Waals surface area contributed by atoms with Crippen LogP contribution in [0, 0.1) is 20.2 Å². The van der Waals surface area contributed by atoms with Gasteiger partial charge in [-0.3, -0.25) is 20.2 Å². The molecule has 0 N–H and O–H groups in total. The number of hydrogen-bond acceptors (Lipinski definition) is 5. The van der Waals surface area contributed by atoms with Crippen LogP contribution in [-0.4, -0.2) is 9.85 Å². The van der Waals surface area contributed by atoms with Crippen molar-refractivity contribution in [1.29, 1.82) is 0 Å². The van der Waals surface area contributed by atoms with E-state index >= 15 is 0 Å². The van der Waals surface area contributed by atoms with E-state index in [1.54, 1.807) is 23.5 Å². The number of hydrogen-bond donors (Lipinski definition) is 0. The molecule has 0 radical (unpaired) electrons. The summed E-state index contributed by atoms with van der Waals surface area (Å²) in [6.07, 6.45) is 1.95. The van der Waals surface area contributed by atoms with Gasteiger partial charge in [-0.15, -0.1) is 4.40 Å². The largest absolute Gasteiger partial charge is 1.00 e. The molecule has 0 spiro atoms. The first-order chi connectivity index (χ1) is 16.0. The van der Waals surface area contributed by atoms with Gasteiger partial charge in [0.15, 0.2) is 6.20 Å². The van der Waals surface area contributed by atoms with Crippen LogP contribution in [0.1, 0.15) is 0 Å². The normalized spacial score (nSPS) is 10.6. The Bertz CT molecular complexity index is 1540. The second-order valence-corrected chi connectivity index (χ2v) is 8.30. The fraction of sp³-hybridized carbons (Fsp3) is 0. The average molecular weight is 534 g/mol. The highest BCUT2D eigenvalue weighted by molar-refractivity contribution is 7.15. The smallest absolute Gasteiger partial charge is 0.270 e. The Labute approximate surface area is 208 Å². The molecule has 0 amide bonds. The quantitative estimate of drug-likeness (QED) is 0.197. The van der Waals surface area contributed by atoms with Gasteiger partial charge in [-0.25, -0.2) is 0 Å². The predicted molar refractivity (Wildman–Crippen MR) is 127 cm³/mol. The number of non-ortho nitro benzene ring substituents is 2. The number of fused-ring (bicyclic) bond motifs is 1. The third-order valence-corrected chi connectivity index (χ3v) is 6.31. The van der Waals surface area contributed by atoms with Crippen molar-refractivity contribution in [2.24, 2.45) is 0 Å². The zero-order chi connectivity index (χ0) is 22.9. The molecule has 0 aliphatic rings. The lowest BCUT2D eigenvalue weighted by Crippen LogP contribution is -3.00. The molecule has 3 aromatic carbocycles. The number of nitro groups is 2. The van der Waals surface area contributed by atoms with Crippen molar-refractivity contribution in [3.63, 3.8) is 0 Å². The topological polar surface area (TPSA) is 90.4 Å². The highest BCUT2D eigenvalue weighted by Crippen LogP contribution is 2.36. The van der Waals surface area contributed by atoms with Crippen LogP contribution < -0.4 is 21.4 Å². The molecule has 34 heavy (non-hydrogen) atoms. The summed E-state index contributed by atoms with van der Waals surface area (Å²) in [5.41, 5.74) is 4.84. The Morgan fingerprint density at radius 1 is 0.676 bits per heavy atom. The summed E-state index contributed by atoms with van der Waals surface area (Å²) in [5, 5.41) is 24.8. The lowest BCUT2D eigenvalue weighted by molar-refractivity contribution is -0.494. The Morgan fingerprint density at radius 2 is 1.24 bits per heavy atom. The van der Waals surface area contributed by atoms with Crippen LogP contribution in [0.25, 0.3) is 38.3 Å². The van der Waals surface area contributed by atoms with Gasteiger partial charge in [0.1, 0.15) is 0 Å². The van der Waals surface area contributed by atoms with Crippen LogP contribution in [0.5, 0.6) is 0 Å². The van der Waals surface area contributed by atoms with Gasteiger partial charge in [-0.1, -0.05) is 53.8 Å². The molecule has 5 rings (SSSR count). The molecular weight excluding hydrogens is 518 g/mol. The first-order valence-electron chi connectivity index (χ1n) is 10.0. The third kappa shape index (κ3) is 4.30. The zero-order valence-corrected chi connectivity index (χ0v) is 19.9. The van der Waals surface area contributed by atoms with E-state index in [4.69, 9.17) is 0 Å². The maximum Gasteiger partial charge on any atom is 0.270 e. The van der Waals surface area contributed by atoms with E-state index in [9.17, 15) is 20.2 Å². The fourth-order valence-corrected chi connectivity index (χ4v) is 4.78. The molecule has 7 nitrogen and oxygen atoms in total. The molecule has 2 aromatic heterocycles. The Hall–Kier alpha value is -3.95. The highest BCUT2D eigenvalue weighted by Gasteiger charge is 2.22. The van der Waals surface area contributed by atoms with E-state index < -0.39 is 9.85 Å². The van der Waals surface area contributed by atoms with Crippen LogP contribution in [0.2, 0.25) is 0 Å². The first kappa shape index (κ1) is 23.2. The van der Waals surface area contributed by atoms with Gasteiger partial charge >= 0.3 is 0 Å². The molecule has 168 valence electrons. The molecular formula is C25H16BrN3O4S. The average Bonchev–Trinajstić information content (AvgIpc) is 3.27. The van der Waals surface area contributed by atoms with Crippen LogP contribution in [0.15, 0.2) is 96.5 Å². The van der Waals surface area contributed by atoms with E-state index in [0.717, 1.165) is 27.2 Å². The van der Waals surface area contributed by atoms with E-state index in [1.807, 2.05) is 54.7 Å². The number of aromatic nitrogens is 1. The number of nitrogens with zero attached hydrogens (tertiary/aromatic N) is 3. The van der Waals surface area contributed by atoms with E-state index in [1.165, 1.54) is 24.3 Å². The van der Waals surface area contributed by atoms with Gasteiger partial charge in [0, 0.05) is 41.5 Å². The van der Waals surface area contributed by atoms with Crippen LogP contribution in [-0.2, 0) is 0 Å². The number of rotatable bonds is 5. The number of nitro benzene ring substituents is 2. The third-order valence-electron chi connectivity index (χ3n) is 5.41. The van der Waals surface area contributed by atoms with Crippen LogP contribution >= 0.6 is 11.3 Å². The SMILES string of the molecule is O=[N+]([O-])c1cccc(-c2cc3scc(-c4ccccc4)[n+]3cc2-c2cccc([N+](=O)[O-])c2)c1.[Br-]. The Kier molecular flexibility index (Phi) is 6.49. The van der Waals surface area contributed by atoms with Crippen molar-refractivity contribution in [3.8, 4) is 33.5 Å². The summed E-state index contributed by atoms with van der Waals surface area (Å²) in [7, 11) is 0. The summed E-state index contributed by atoms with van der Waals surface area (Å²) in [6, 6.07) is 24.8. The molecule has 2 heterocycles. The second-order valence-electron chi connectivity index (χ2n) is 7.41. The van der Waals surface area contributed by atoms with Gasteiger partial charge in [0.05, 0.1) is 20.8 Å². The van der Waals surface area contributed by atoms with Crippen molar-refractivity contribution >= 4 is 27.5 Å². The predicted octanol–water partition coefficient (Wildman–Crippen LogP) is 3.31. The number of benzene rings is 3. The van der Waals surface area contributed by atoms with Crippen LogP contribution in [0.4, 0.5) is 11.4 Å². The molecule has 0 fully saturated rings. The first-order valence-corrected chi connectivity index (χ1v) is 10.9. The molecule has 0 saturated heterocycles. The zero-order valence-electron chi connectivity index (χ0n) is 17.5. The minimum Gasteiger partial charge on any atom is -1.00 e. The van der Waals surface area contributed by atoms with Gasteiger partial charge in [0.2, 0.25) is 5.69 Å². The lowest BCUT2D eigenvalue weighted by Gasteiger charge is -2.09. The van der Waals surface area contributed by atoms with E-state index in [2.05, 4.69) is 9.78 Å². The summed E-state index contributed by atoms with van der Waals surface area (Å²) in [4.78, 5) is 22.8. The molecule has 9 heteroatoms. The molecule has 0 aliphatic heterocycles. The van der Waals surface area contributed by atoms with Crippen molar-refractivity contribution in [3.05, 3.63) is 117 Å². The Morgan fingerprint density at radius 3 is 1.82 bits per heavy atom. The molecule has 0 aliphatic carbocycles. The van der Waals surface area contributed by atoms with Crippen molar-refractivity contribution < 1.29 is 31.2 Å². The molecule has 0 unspecified atom stereocenters. The highest BCUT2D eigenvalue weighted by atomic mass is 79.9. The minimum absolute atomic E-state index is 0. The molecule has 0 saturated carbocycles. The van der Waals surface area contributed by atoms with Gasteiger partial charge in [-0.05, 0) is 23.3 Å². The lowest BCUT2D eigenvalue weighted by atomic mass is 9.95. The second kappa shape index (κ2) is 9.50. The monoisotopic (exact) mass is 533 g/mol. The van der Waals surface area contributed by atoms with Gasteiger partial charge in [0.25, 0.3) is 16.2 Å². The number of pyridine rings is 1. The van der Waals surface area contributed by atoms with Gasteiger partial charge in [-0.2, -0.15) is 0 Å². The summed E-state index contributed by atoms with van der Waals surface area (Å²) in [5.74, 6) is 0. The van der Waals surface area contributed by atoms with Crippen molar-refractivity contribution in [2.45, 2.75) is 0 Å². The molecule has 0 bridgehead atoms. The molecule has 0 atom stereocenters. The van der Waals surface area contributed by atoms with Gasteiger partial charge < -0.3 is 17.0 Å². The molecule has 5 aromatic rings. The van der Waals surface area contributed by atoms with E-state index in [-0.39, 0.29) is 28.4 Å². The standard InChI is InChI=1S/C25H16N3O4S.BrH/c29-27(30)20-10-4-8-18(12-20)22-14-25-26(24(16-33-25)17-6-2-1-3-7-17)15-23(22)19-9-5-11-21(13-19)28(31)32;/h1-16H;1H/q+1;/p-1. The van der Waals surface area contributed by atoms with Crippen LogP contribution in [0.3, 0.4) is 0 Å². The van der Waals surface area contributed by atoms with Crippen molar-refractivity contribution in [2.75, 3.05) is 0 Å². The summed E-state index contributed by atoms with van der Waals surface area (Å²) >= 11 is 1.56. The minimum atomic E-state index is -0.428. The maximum atomic E-state index is 11.4. The number of thiazole rings is 1. The fourth-order valence-electron chi connectivity index (χ4n) is 3.84.